The van der Waals surface area contributed by atoms with Crippen molar-refractivity contribution in [2.45, 2.75) is 19.9 Å². The van der Waals surface area contributed by atoms with Crippen LogP contribution in [0.5, 0.6) is 11.5 Å². The average molecular weight is 356 g/mol. The molecule has 0 unspecified atom stereocenters. The van der Waals surface area contributed by atoms with E-state index in [4.69, 9.17) is 9.47 Å². The van der Waals surface area contributed by atoms with Gasteiger partial charge in [-0.3, -0.25) is 4.79 Å². The van der Waals surface area contributed by atoms with Crippen molar-refractivity contribution in [3.05, 3.63) is 59.0 Å². The van der Waals surface area contributed by atoms with Crippen LogP contribution in [0, 0.1) is 12.7 Å². The van der Waals surface area contributed by atoms with Crippen LogP contribution in [0.3, 0.4) is 0 Å². The molecular weight excluding hydrogens is 335 g/mol. The number of amides is 1. The van der Waals surface area contributed by atoms with Crippen molar-refractivity contribution in [1.29, 1.82) is 0 Å². The van der Waals surface area contributed by atoms with Gasteiger partial charge in [0.15, 0.2) is 0 Å². The monoisotopic (exact) mass is 356 g/mol. The molecule has 0 saturated heterocycles. The lowest BCUT2D eigenvalue weighted by atomic mass is 10.1. The number of aromatic amines is 1. The second kappa shape index (κ2) is 7.47. The van der Waals surface area contributed by atoms with Crippen molar-refractivity contribution in [2.75, 3.05) is 14.2 Å². The van der Waals surface area contributed by atoms with Gasteiger partial charge in [-0.05, 0) is 42.8 Å². The molecule has 0 aliphatic carbocycles. The third kappa shape index (κ3) is 3.64. The molecule has 136 valence electrons. The maximum Gasteiger partial charge on any atom is 0.224 e. The standard InChI is InChI=1S/C20H21FN2O3/c1-12-16(17-8-14(21)5-7-18(17)23-12)10-20(24)22-11-13-4-6-15(25-2)9-19(13)26-3/h4-9,23H,10-11H2,1-3H3,(H,22,24). The Morgan fingerprint density at radius 2 is 1.96 bits per heavy atom. The topological polar surface area (TPSA) is 63.3 Å². The van der Waals surface area contributed by atoms with Crippen LogP contribution < -0.4 is 14.8 Å². The first-order valence-electron chi connectivity index (χ1n) is 8.26. The normalized spacial score (nSPS) is 10.8. The Hall–Kier alpha value is -3.02. The van der Waals surface area contributed by atoms with Crippen LogP contribution >= 0.6 is 0 Å². The maximum atomic E-state index is 13.5. The van der Waals surface area contributed by atoms with Gasteiger partial charge in [-0.2, -0.15) is 0 Å². The molecule has 0 bridgehead atoms. The summed E-state index contributed by atoms with van der Waals surface area (Å²) in [5.74, 6) is 0.876. The molecule has 0 radical (unpaired) electrons. The lowest BCUT2D eigenvalue weighted by Crippen LogP contribution is -2.25. The fourth-order valence-electron chi connectivity index (χ4n) is 3.00. The zero-order chi connectivity index (χ0) is 18.7. The first-order chi connectivity index (χ1) is 12.5. The van der Waals surface area contributed by atoms with Gasteiger partial charge in [-0.25, -0.2) is 4.39 Å². The third-order valence-electron chi connectivity index (χ3n) is 4.39. The number of aryl methyl sites for hydroxylation is 1. The van der Waals surface area contributed by atoms with Crippen LogP contribution in [0.2, 0.25) is 0 Å². The van der Waals surface area contributed by atoms with E-state index < -0.39 is 0 Å². The fourth-order valence-corrected chi connectivity index (χ4v) is 3.00. The van der Waals surface area contributed by atoms with E-state index in [1.54, 1.807) is 26.4 Å². The second-order valence-corrected chi connectivity index (χ2v) is 6.05. The van der Waals surface area contributed by atoms with Crippen LogP contribution in [0.1, 0.15) is 16.8 Å². The van der Waals surface area contributed by atoms with Gasteiger partial charge in [-0.1, -0.05) is 0 Å². The third-order valence-corrected chi connectivity index (χ3v) is 4.39. The molecule has 1 amide bonds. The van der Waals surface area contributed by atoms with Crippen molar-refractivity contribution in [1.82, 2.24) is 10.3 Å². The number of halogens is 1. The second-order valence-electron chi connectivity index (χ2n) is 6.05. The largest absolute Gasteiger partial charge is 0.497 e. The number of nitrogens with one attached hydrogen (secondary N) is 2. The summed E-state index contributed by atoms with van der Waals surface area (Å²) in [6.45, 7) is 2.22. The highest BCUT2D eigenvalue weighted by molar-refractivity contribution is 5.90. The highest BCUT2D eigenvalue weighted by Gasteiger charge is 2.14. The van der Waals surface area contributed by atoms with Crippen molar-refractivity contribution in [3.8, 4) is 11.5 Å². The van der Waals surface area contributed by atoms with Crippen molar-refractivity contribution >= 4 is 16.8 Å². The molecule has 0 aliphatic rings. The van der Waals surface area contributed by atoms with Gasteiger partial charge in [0.2, 0.25) is 5.91 Å². The number of ether oxygens (including phenoxy) is 2. The van der Waals surface area contributed by atoms with Crippen LogP contribution in [-0.4, -0.2) is 25.1 Å². The predicted octanol–water partition coefficient (Wildman–Crippen LogP) is 3.49. The average Bonchev–Trinajstić information content (AvgIpc) is 2.94. The minimum absolute atomic E-state index is 0.142. The molecular formula is C20H21FN2O3. The SMILES string of the molecule is COc1ccc(CNC(=O)Cc2c(C)[nH]c3ccc(F)cc23)c(OC)c1. The molecule has 0 atom stereocenters. The fraction of sp³-hybridized carbons (Fsp3) is 0.250. The maximum absolute atomic E-state index is 13.5. The summed E-state index contributed by atoms with van der Waals surface area (Å²) in [5.41, 5.74) is 3.34. The van der Waals surface area contributed by atoms with Crippen LogP contribution in [0.25, 0.3) is 10.9 Å². The highest BCUT2D eigenvalue weighted by Crippen LogP contribution is 2.25. The molecule has 26 heavy (non-hydrogen) atoms. The minimum atomic E-state index is -0.318. The number of H-pyrrole nitrogens is 1. The molecule has 3 rings (SSSR count). The number of fused-ring (bicyclic) bond motifs is 1. The summed E-state index contributed by atoms with van der Waals surface area (Å²) >= 11 is 0. The predicted molar refractivity (Wildman–Crippen MR) is 98.1 cm³/mol. The molecule has 0 fully saturated rings. The first-order valence-corrected chi connectivity index (χ1v) is 8.26. The first kappa shape index (κ1) is 17.8. The molecule has 0 spiro atoms. The van der Waals surface area contributed by atoms with Gasteiger partial charge < -0.3 is 19.8 Å². The lowest BCUT2D eigenvalue weighted by Gasteiger charge is -2.11. The van der Waals surface area contributed by atoms with Crippen molar-refractivity contribution < 1.29 is 18.7 Å². The van der Waals surface area contributed by atoms with Gasteiger partial charge >= 0.3 is 0 Å². The molecule has 1 aromatic heterocycles. The number of carbonyl (C=O) groups is 1. The molecule has 2 aromatic carbocycles. The Morgan fingerprint density at radius 1 is 1.15 bits per heavy atom. The molecule has 1 heterocycles. The quantitative estimate of drug-likeness (QED) is 0.711. The summed E-state index contributed by atoms with van der Waals surface area (Å²) in [7, 11) is 3.16. The molecule has 0 saturated carbocycles. The molecule has 0 aliphatic heterocycles. The summed E-state index contributed by atoms with van der Waals surface area (Å²) in [6, 6.07) is 9.97. The number of hydrogen-bond acceptors (Lipinski definition) is 3. The van der Waals surface area contributed by atoms with Crippen molar-refractivity contribution in [3.63, 3.8) is 0 Å². The number of benzene rings is 2. The van der Waals surface area contributed by atoms with Crippen LogP contribution in [0.15, 0.2) is 36.4 Å². The molecule has 2 N–H and O–H groups in total. The smallest absolute Gasteiger partial charge is 0.224 e. The summed E-state index contributed by atoms with van der Waals surface area (Å²) in [4.78, 5) is 15.6. The number of hydrogen-bond donors (Lipinski definition) is 2. The Labute approximate surface area is 151 Å². The summed E-state index contributed by atoms with van der Waals surface area (Å²) in [5, 5.41) is 3.62. The van der Waals surface area contributed by atoms with E-state index in [0.717, 1.165) is 27.7 Å². The van der Waals surface area contributed by atoms with E-state index in [-0.39, 0.29) is 18.1 Å². The van der Waals surface area contributed by atoms with Gasteiger partial charge in [0.1, 0.15) is 17.3 Å². The van der Waals surface area contributed by atoms with Gasteiger partial charge in [0, 0.05) is 34.8 Å². The number of rotatable bonds is 6. The van der Waals surface area contributed by atoms with E-state index in [1.165, 1.54) is 12.1 Å². The van der Waals surface area contributed by atoms with E-state index >= 15 is 0 Å². The zero-order valence-corrected chi connectivity index (χ0v) is 15.0. The molecule has 3 aromatic rings. The molecule has 5 nitrogen and oxygen atoms in total. The van der Waals surface area contributed by atoms with E-state index in [0.29, 0.717) is 18.0 Å². The number of aromatic nitrogens is 1. The number of carbonyl (C=O) groups excluding carboxylic acids is 1. The number of methoxy groups -OCH3 is 2. The van der Waals surface area contributed by atoms with Crippen LogP contribution in [-0.2, 0) is 17.8 Å². The Morgan fingerprint density at radius 3 is 2.69 bits per heavy atom. The summed E-state index contributed by atoms with van der Waals surface area (Å²) in [6.07, 6.45) is 0.174. The van der Waals surface area contributed by atoms with Gasteiger partial charge in [0.25, 0.3) is 0 Å². The Kier molecular flexibility index (Phi) is 5.11. The lowest BCUT2D eigenvalue weighted by molar-refractivity contribution is -0.120. The Balaban J connectivity index is 1.72. The zero-order valence-electron chi connectivity index (χ0n) is 15.0. The Bertz CT molecular complexity index is 950. The summed E-state index contributed by atoms with van der Waals surface area (Å²) < 4.78 is 24.0. The van der Waals surface area contributed by atoms with Crippen LogP contribution in [0.4, 0.5) is 4.39 Å². The van der Waals surface area contributed by atoms with Gasteiger partial charge in [-0.15, -0.1) is 0 Å². The molecule has 6 heteroatoms. The van der Waals surface area contributed by atoms with Gasteiger partial charge in [0.05, 0.1) is 20.6 Å². The van der Waals surface area contributed by atoms with E-state index in [2.05, 4.69) is 10.3 Å². The van der Waals surface area contributed by atoms with Crippen molar-refractivity contribution in [2.24, 2.45) is 0 Å². The van der Waals surface area contributed by atoms with E-state index in [1.807, 2.05) is 19.1 Å². The highest BCUT2D eigenvalue weighted by atomic mass is 19.1. The van der Waals surface area contributed by atoms with E-state index in [9.17, 15) is 9.18 Å². The minimum Gasteiger partial charge on any atom is -0.497 e.